The van der Waals surface area contributed by atoms with Gasteiger partial charge in [-0.2, -0.15) is 0 Å². The minimum atomic E-state index is -0.477. The summed E-state index contributed by atoms with van der Waals surface area (Å²) in [5.41, 5.74) is 1.10. The number of carbonyl (C=O) groups is 1. The van der Waals surface area contributed by atoms with E-state index in [1.165, 1.54) is 0 Å². The number of rotatable bonds is 5. The van der Waals surface area contributed by atoms with Crippen molar-refractivity contribution in [1.29, 1.82) is 0 Å². The highest BCUT2D eigenvalue weighted by Crippen LogP contribution is 2.49. The van der Waals surface area contributed by atoms with Crippen molar-refractivity contribution in [3.63, 3.8) is 0 Å². The van der Waals surface area contributed by atoms with Crippen LogP contribution in [0.5, 0.6) is 0 Å². The lowest BCUT2D eigenvalue weighted by Crippen LogP contribution is -2.23. The van der Waals surface area contributed by atoms with Crippen molar-refractivity contribution in [3.05, 3.63) is 66.1 Å². The summed E-state index contributed by atoms with van der Waals surface area (Å²) in [6.07, 6.45) is 3.22. The van der Waals surface area contributed by atoms with Crippen LogP contribution in [0.15, 0.2) is 63.7 Å². The lowest BCUT2D eigenvalue weighted by Gasteiger charge is -2.14. The van der Waals surface area contributed by atoms with E-state index < -0.39 is 5.41 Å². The van der Waals surface area contributed by atoms with Crippen LogP contribution in [-0.4, -0.2) is 11.1 Å². The van der Waals surface area contributed by atoms with Crippen molar-refractivity contribution in [2.45, 2.75) is 24.9 Å². The van der Waals surface area contributed by atoms with Crippen LogP contribution in [0, 0.1) is 0 Å². The van der Waals surface area contributed by atoms with Crippen molar-refractivity contribution < 1.29 is 18.5 Å². The fourth-order valence-corrected chi connectivity index (χ4v) is 2.69. The van der Waals surface area contributed by atoms with E-state index in [4.69, 9.17) is 13.7 Å². The highest BCUT2D eigenvalue weighted by molar-refractivity contribution is 5.86. The van der Waals surface area contributed by atoms with Crippen molar-refractivity contribution in [2.24, 2.45) is 0 Å². The molecule has 0 spiro atoms. The number of hydrogen-bond donors (Lipinski definition) is 0. The molecule has 4 rings (SSSR count). The topological polar surface area (TPSA) is 65.5 Å². The van der Waals surface area contributed by atoms with Gasteiger partial charge in [-0.15, -0.1) is 0 Å². The molecule has 0 bridgehead atoms. The molecule has 2 heterocycles. The molecule has 5 nitrogen and oxygen atoms in total. The van der Waals surface area contributed by atoms with Gasteiger partial charge in [0, 0.05) is 6.07 Å². The number of carbonyl (C=O) groups excluding carboxylic acids is 1. The summed E-state index contributed by atoms with van der Waals surface area (Å²) >= 11 is 0. The summed E-state index contributed by atoms with van der Waals surface area (Å²) in [5, 5.41) is 3.91. The second-order valence-electron chi connectivity index (χ2n) is 5.68. The maximum Gasteiger partial charge on any atom is 0.316 e. The number of hydrogen-bond acceptors (Lipinski definition) is 5. The third-order valence-corrected chi connectivity index (χ3v) is 4.14. The molecule has 0 unspecified atom stereocenters. The summed E-state index contributed by atoms with van der Waals surface area (Å²) in [5.74, 6) is 0.912. The zero-order valence-corrected chi connectivity index (χ0v) is 12.4. The maximum absolute atomic E-state index is 12.4. The Balaban J connectivity index is 1.43. The molecule has 5 heteroatoms. The largest absolute Gasteiger partial charge is 0.461 e. The minimum Gasteiger partial charge on any atom is -0.461 e. The van der Waals surface area contributed by atoms with E-state index in [2.05, 4.69) is 5.16 Å². The molecule has 0 atom stereocenters. The van der Waals surface area contributed by atoms with Gasteiger partial charge in [-0.1, -0.05) is 35.5 Å². The molecule has 0 saturated heterocycles. The normalized spacial score (nSPS) is 15.3. The van der Waals surface area contributed by atoms with Crippen molar-refractivity contribution in [2.75, 3.05) is 0 Å². The van der Waals surface area contributed by atoms with E-state index in [1.54, 1.807) is 24.5 Å². The first kappa shape index (κ1) is 13.8. The molecule has 1 aliphatic carbocycles. The molecule has 0 amide bonds. The van der Waals surface area contributed by atoms with E-state index in [-0.39, 0.29) is 12.6 Å². The standard InChI is InChI=1S/C18H15NO4/c20-17(18(8-9-18)13-5-2-1-3-6-13)22-12-14-11-16(23-19-14)15-7-4-10-21-15/h1-7,10-11H,8-9,12H2. The lowest BCUT2D eigenvalue weighted by molar-refractivity contribution is -0.148. The maximum atomic E-state index is 12.4. The summed E-state index contributed by atoms with van der Waals surface area (Å²) in [6, 6.07) is 15.0. The highest BCUT2D eigenvalue weighted by Gasteiger charge is 2.52. The Kier molecular flexibility index (Phi) is 3.26. The van der Waals surface area contributed by atoms with Crippen LogP contribution >= 0.6 is 0 Å². The number of nitrogens with zero attached hydrogens (tertiary/aromatic N) is 1. The fraction of sp³-hybridized carbons (Fsp3) is 0.222. The molecule has 116 valence electrons. The molecule has 23 heavy (non-hydrogen) atoms. The number of esters is 1. The Bertz CT molecular complexity index is 801. The quantitative estimate of drug-likeness (QED) is 0.672. The van der Waals surface area contributed by atoms with Crippen LogP contribution in [0.4, 0.5) is 0 Å². The Hall–Kier alpha value is -2.82. The first-order valence-electron chi connectivity index (χ1n) is 7.50. The Morgan fingerprint density at radius 3 is 2.65 bits per heavy atom. The zero-order chi connectivity index (χ0) is 15.7. The van der Waals surface area contributed by atoms with Crippen LogP contribution in [0.1, 0.15) is 24.1 Å². The van der Waals surface area contributed by atoms with Gasteiger partial charge in [0.2, 0.25) is 5.76 Å². The molecule has 1 saturated carbocycles. The monoisotopic (exact) mass is 309 g/mol. The molecule has 2 aromatic heterocycles. The Morgan fingerprint density at radius 1 is 1.13 bits per heavy atom. The number of benzene rings is 1. The first-order valence-corrected chi connectivity index (χ1v) is 7.50. The van der Waals surface area contributed by atoms with Gasteiger partial charge < -0.3 is 13.7 Å². The van der Waals surface area contributed by atoms with E-state index in [0.29, 0.717) is 17.2 Å². The third kappa shape index (κ3) is 2.54. The highest BCUT2D eigenvalue weighted by atomic mass is 16.5. The predicted molar refractivity (Wildman–Crippen MR) is 81.4 cm³/mol. The van der Waals surface area contributed by atoms with Gasteiger partial charge in [-0.25, -0.2) is 0 Å². The van der Waals surface area contributed by atoms with Gasteiger partial charge in [0.25, 0.3) is 0 Å². The van der Waals surface area contributed by atoms with Crippen molar-refractivity contribution in [1.82, 2.24) is 5.16 Å². The molecular weight excluding hydrogens is 294 g/mol. The Morgan fingerprint density at radius 2 is 1.96 bits per heavy atom. The number of ether oxygens (including phenoxy) is 1. The van der Waals surface area contributed by atoms with Gasteiger partial charge in [0.05, 0.1) is 11.7 Å². The summed E-state index contributed by atoms with van der Waals surface area (Å²) < 4.78 is 15.9. The van der Waals surface area contributed by atoms with Crippen molar-refractivity contribution in [3.8, 4) is 11.5 Å². The first-order chi connectivity index (χ1) is 11.3. The second kappa shape index (κ2) is 5.43. The third-order valence-electron chi connectivity index (χ3n) is 4.14. The average Bonchev–Trinajstić information content (AvgIpc) is 3.00. The number of furan rings is 1. The minimum absolute atomic E-state index is 0.0949. The van der Waals surface area contributed by atoms with Crippen LogP contribution in [0.25, 0.3) is 11.5 Å². The smallest absolute Gasteiger partial charge is 0.316 e. The van der Waals surface area contributed by atoms with Crippen molar-refractivity contribution >= 4 is 5.97 Å². The van der Waals surface area contributed by atoms with E-state index in [0.717, 1.165) is 18.4 Å². The van der Waals surface area contributed by atoms with Gasteiger partial charge in [-0.05, 0) is 30.5 Å². The van der Waals surface area contributed by atoms with Crippen LogP contribution in [0.3, 0.4) is 0 Å². The van der Waals surface area contributed by atoms with Crippen LogP contribution in [0.2, 0.25) is 0 Å². The lowest BCUT2D eigenvalue weighted by atomic mass is 9.96. The zero-order valence-electron chi connectivity index (χ0n) is 12.4. The molecular formula is C18H15NO4. The molecule has 3 aromatic rings. The molecule has 0 aliphatic heterocycles. The number of aromatic nitrogens is 1. The van der Waals surface area contributed by atoms with Gasteiger partial charge in [0.1, 0.15) is 12.3 Å². The van der Waals surface area contributed by atoms with Gasteiger partial charge >= 0.3 is 5.97 Å². The molecule has 0 radical (unpaired) electrons. The molecule has 1 fully saturated rings. The van der Waals surface area contributed by atoms with Crippen LogP contribution in [-0.2, 0) is 21.6 Å². The molecule has 1 aromatic carbocycles. The Labute approximate surface area is 132 Å². The second-order valence-corrected chi connectivity index (χ2v) is 5.68. The molecule has 0 N–H and O–H groups in total. The fourth-order valence-electron chi connectivity index (χ4n) is 2.69. The van der Waals surface area contributed by atoms with Gasteiger partial charge in [-0.3, -0.25) is 4.79 Å². The predicted octanol–water partition coefficient (Wildman–Crippen LogP) is 3.71. The van der Waals surface area contributed by atoms with Gasteiger partial charge in [0.15, 0.2) is 5.76 Å². The molecule has 1 aliphatic rings. The van der Waals surface area contributed by atoms with E-state index in [9.17, 15) is 4.79 Å². The summed E-state index contributed by atoms with van der Waals surface area (Å²) in [7, 11) is 0. The average molecular weight is 309 g/mol. The summed E-state index contributed by atoms with van der Waals surface area (Å²) in [4.78, 5) is 12.4. The van der Waals surface area contributed by atoms with E-state index in [1.807, 2.05) is 30.3 Å². The summed E-state index contributed by atoms with van der Waals surface area (Å²) in [6.45, 7) is 0.0949. The van der Waals surface area contributed by atoms with Crippen LogP contribution < -0.4 is 0 Å². The van der Waals surface area contributed by atoms with E-state index >= 15 is 0 Å². The SMILES string of the molecule is O=C(OCc1cc(-c2ccco2)on1)C1(c2ccccc2)CC1.